The van der Waals surface area contributed by atoms with Gasteiger partial charge in [-0.25, -0.2) is 0 Å². The smallest absolute Gasteiger partial charge is 0.236 e. The van der Waals surface area contributed by atoms with Gasteiger partial charge in [-0.3, -0.25) is 14.5 Å². The standard InChI is InChI=1S/C15H26N2O2/c1-11(2)8-14(3,10-16)17-12(18)9-15(13(17)19)6-4-5-7-15/h11H,4-10,16H2,1-3H3. The molecule has 2 aliphatic rings. The van der Waals surface area contributed by atoms with Crippen LogP contribution in [0.5, 0.6) is 0 Å². The number of amides is 2. The molecule has 2 fully saturated rings. The molecular formula is C15H26N2O2. The van der Waals surface area contributed by atoms with E-state index >= 15 is 0 Å². The Labute approximate surface area is 115 Å². The highest BCUT2D eigenvalue weighted by molar-refractivity contribution is 6.06. The quantitative estimate of drug-likeness (QED) is 0.792. The Kier molecular flexibility index (Phi) is 3.74. The van der Waals surface area contributed by atoms with E-state index in [1.54, 1.807) is 0 Å². The van der Waals surface area contributed by atoms with Gasteiger partial charge in [0.25, 0.3) is 0 Å². The molecule has 0 aromatic carbocycles. The topological polar surface area (TPSA) is 63.4 Å². The molecule has 1 heterocycles. The molecule has 0 bridgehead atoms. The lowest BCUT2D eigenvalue weighted by atomic mass is 9.83. The van der Waals surface area contributed by atoms with Gasteiger partial charge in [0, 0.05) is 13.0 Å². The number of carbonyl (C=O) groups excluding carboxylic acids is 2. The minimum absolute atomic E-state index is 0.0134. The summed E-state index contributed by atoms with van der Waals surface area (Å²) in [5, 5.41) is 0. The minimum atomic E-state index is -0.519. The monoisotopic (exact) mass is 266 g/mol. The van der Waals surface area contributed by atoms with E-state index in [0.717, 1.165) is 32.1 Å². The lowest BCUT2D eigenvalue weighted by Gasteiger charge is -2.38. The first-order valence-electron chi connectivity index (χ1n) is 7.42. The summed E-state index contributed by atoms with van der Waals surface area (Å²) in [5.41, 5.74) is 5.00. The van der Waals surface area contributed by atoms with E-state index in [-0.39, 0.29) is 17.2 Å². The predicted molar refractivity (Wildman–Crippen MR) is 74.3 cm³/mol. The Morgan fingerprint density at radius 3 is 2.37 bits per heavy atom. The van der Waals surface area contributed by atoms with Crippen molar-refractivity contribution in [2.75, 3.05) is 6.54 Å². The van der Waals surface area contributed by atoms with Gasteiger partial charge in [-0.05, 0) is 32.1 Å². The number of carbonyl (C=O) groups is 2. The molecule has 1 spiro atoms. The van der Waals surface area contributed by atoms with Crippen molar-refractivity contribution in [1.82, 2.24) is 4.90 Å². The molecule has 0 radical (unpaired) electrons. The summed E-state index contributed by atoms with van der Waals surface area (Å²) in [6, 6.07) is 0. The van der Waals surface area contributed by atoms with Gasteiger partial charge in [-0.2, -0.15) is 0 Å². The van der Waals surface area contributed by atoms with Gasteiger partial charge in [-0.15, -0.1) is 0 Å². The van der Waals surface area contributed by atoms with Gasteiger partial charge in [0.2, 0.25) is 11.8 Å². The summed E-state index contributed by atoms with van der Waals surface area (Å²) >= 11 is 0. The molecule has 0 aromatic heterocycles. The highest BCUT2D eigenvalue weighted by atomic mass is 16.2. The predicted octanol–water partition coefficient (Wildman–Crippen LogP) is 2.07. The van der Waals surface area contributed by atoms with Crippen LogP contribution in [0.3, 0.4) is 0 Å². The third-order valence-electron chi connectivity index (χ3n) is 4.78. The second kappa shape index (κ2) is 4.89. The van der Waals surface area contributed by atoms with Crippen molar-refractivity contribution in [3.05, 3.63) is 0 Å². The molecule has 1 aliphatic heterocycles. The first kappa shape index (κ1) is 14.5. The molecule has 4 heteroatoms. The Morgan fingerprint density at radius 2 is 1.89 bits per heavy atom. The molecule has 2 amide bonds. The largest absolute Gasteiger partial charge is 0.328 e. The number of hydrogen-bond donors (Lipinski definition) is 1. The van der Waals surface area contributed by atoms with Crippen LogP contribution in [0.1, 0.15) is 59.3 Å². The number of likely N-dealkylation sites (tertiary alicyclic amines) is 1. The maximum absolute atomic E-state index is 12.8. The summed E-state index contributed by atoms with van der Waals surface area (Å²) < 4.78 is 0. The summed E-state index contributed by atoms with van der Waals surface area (Å²) in [6.07, 6.45) is 5.05. The number of hydrogen-bond acceptors (Lipinski definition) is 3. The molecule has 0 aromatic rings. The summed E-state index contributed by atoms with van der Waals surface area (Å²) in [7, 11) is 0. The van der Waals surface area contributed by atoms with Gasteiger partial charge in [0.15, 0.2) is 0 Å². The van der Waals surface area contributed by atoms with E-state index in [4.69, 9.17) is 5.73 Å². The molecule has 1 atom stereocenters. The second-order valence-electron chi connectivity index (χ2n) is 7.00. The van der Waals surface area contributed by atoms with Crippen LogP contribution in [0.25, 0.3) is 0 Å². The van der Waals surface area contributed by atoms with E-state index in [0.29, 0.717) is 18.9 Å². The van der Waals surface area contributed by atoms with Crippen LogP contribution in [-0.4, -0.2) is 28.8 Å². The van der Waals surface area contributed by atoms with E-state index in [9.17, 15) is 9.59 Å². The fourth-order valence-corrected chi connectivity index (χ4v) is 3.93. The van der Waals surface area contributed by atoms with E-state index in [2.05, 4.69) is 13.8 Å². The van der Waals surface area contributed by atoms with Crippen molar-refractivity contribution in [2.24, 2.45) is 17.1 Å². The first-order valence-corrected chi connectivity index (χ1v) is 7.42. The van der Waals surface area contributed by atoms with E-state index < -0.39 is 5.54 Å². The first-order chi connectivity index (χ1) is 8.84. The second-order valence-corrected chi connectivity index (χ2v) is 7.00. The van der Waals surface area contributed by atoms with Gasteiger partial charge in [-0.1, -0.05) is 26.7 Å². The Hall–Kier alpha value is -0.900. The van der Waals surface area contributed by atoms with Crippen molar-refractivity contribution >= 4 is 11.8 Å². The zero-order chi connectivity index (χ0) is 14.3. The summed E-state index contributed by atoms with van der Waals surface area (Å²) in [4.78, 5) is 26.7. The van der Waals surface area contributed by atoms with E-state index in [1.165, 1.54) is 4.90 Å². The third kappa shape index (κ3) is 2.31. The van der Waals surface area contributed by atoms with Crippen LogP contribution in [0.4, 0.5) is 0 Å². The number of nitrogens with two attached hydrogens (primary N) is 1. The molecule has 1 saturated heterocycles. The zero-order valence-corrected chi connectivity index (χ0v) is 12.4. The summed E-state index contributed by atoms with van der Waals surface area (Å²) in [5.74, 6) is 0.443. The average molecular weight is 266 g/mol. The van der Waals surface area contributed by atoms with Gasteiger partial charge in [0.1, 0.15) is 0 Å². The molecule has 1 aliphatic carbocycles. The van der Waals surface area contributed by atoms with E-state index in [1.807, 2.05) is 6.92 Å². The highest BCUT2D eigenvalue weighted by Crippen LogP contribution is 2.49. The van der Waals surface area contributed by atoms with Crippen LogP contribution in [0, 0.1) is 11.3 Å². The normalized spacial score (nSPS) is 25.6. The molecule has 1 saturated carbocycles. The molecule has 4 nitrogen and oxygen atoms in total. The maximum Gasteiger partial charge on any atom is 0.236 e. The van der Waals surface area contributed by atoms with Crippen molar-refractivity contribution in [3.63, 3.8) is 0 Å². The molecule has 108 valence electrons. The van der Waals surface area contributed by atoms with Crippen molar-refractivity contribution in [2.45, 2.75) is 64.8 Å². The number of nitrogens with zero attached hydrogens (tertiary/aromatic N) is 1. The Balaban J connectivity index is 2.28. The van der Waals surface area contributed by atoms with Crippen LogP contribution >= 0.6 is 0 Å². The van der Waals surface area contributed by atoms with Crippen LogP contribution in [0.2, 0.25) is 0 Å². The van der Waals surface area contributed by atoms with Gasteiger partial charge < -0.3 is 5.73 Å². The molecular weight excluding hydrogens is 240 g/mol. The van der Waals surface area contributed by atoms with Crippen molar-refractivity contribution in [1.29, 1.82) is 0 Å². The molecule has 1 unspecified atom stereocenters. The van der Waals surface area contributed by atoms with Crippen LogP contribution < -0.4 is 5.73 Å². The Morgan fingerprint density at radius 1 is 1.32 bits per heavy atom. The van der Waals surface area contributed by atoms with Gasteiger partial charge in [0.05, 0.1) is 11.0 Å². The summed E-state index contributed by atoms with van der Waals surface area (Å²) in [6.45, 7) is 6.50. The van der Waals surface area contributed by atoms with Gasteiger partial charge >= 0.3 is 0 Å². The van der Waals surface area contributed by atoms with Crippen LogP contribution in [-0.2, 0) is 9.59 Å². The number of rotatable bonds is 4. The fourth-order valence-electron chi connectivity index (χ4n) is 3.93. The lowest BCUT2D eigenvalue weighted by Crippen LogP contribution is -2.55. The molecule has 2 N–H and O–H groups in total. The highest BCUT2D eigenvalue weighted by Gasteiger charge is 2.56. The van der Waals surface area contributed by atoms with Crippen LogP contribution in [0.15, 0.2) is 0 Å². The molecule has 2 rings (SSSR count). The lowest BCUT2D eigenvalue weighted by molar-refractivity contribution is -0.148. The average Bonchev–Trinajstić information content (AvgIpc) is 2.86. The maximum atomic E-state index is 12.8. The number of imide groups is 1. The van der Waals surface area contributed by atoms with Crippen molar-refractivity contribution < 1.29 is 9.59 Å². The Bertz CT molecular complexity index is 386. The fraction of sp³-hybridized carbons (Fsp3) is 0.867. The SMILES string of the molecule is CC(C)CC(C)(CN)N1C(=O)CC2(CCCC2)C1=O. The third-order valence-corrected chi connectivity index (χ3v) is 4.78. The molecule has 19 heavy (non-hydrogen) atoms. The minimum Gasteiger partial charge on any atom is -0.328 e. The zero-order valence-electron chi connectivity index (χ0n) is 12.4. The van der Waals surface area contributed by atoms with Crippen molar-refractivity contribution in [3.8, 4) is 0 Å².